The van der Waals surface area contributed by atoms with Crippen molar-refractivity contribution in [2.24, 2.45) is 5.92 Å². The Morgan fingerprint density at radius 2 is 1.71 bits per heavy atom. The van der Waals surface area contributed by atoms with Crippen LogP contribution in [0.15, 0.2) is 0 Å². The van der Waals surface area contributed by atoms with Gasteiger partial charge in [0.2, 0.25) is 0 Å². The lowest BCUT2D eigenvalue weighted by Gasteiger charge is -2.23. The van der Waals surface area contributed by atoms with Crippen molar-refractivity contribution in [2.45, 2.75) is 45.7 Å². The maximum atomic E-state index is 11.5. The second-order valence-electron chi connectivity index (χ2n) is 4.06. The van der Waals surface area contributed by atoms with Crippen LogP contribution in [0.2, 0.25) is 0 Å². The van der Waals surface area contributed by atoms with Gasteiger partial charge in [0.05, 0.1) is 6.61 Å². The fourth-order valence-electron chi connectivity index (χ4n) is 1.71. The van der Waals surface area contributed by atoms with E-state index < -0.39 is 24.6 Å². The summed E-state index contributed by atoms with van der Waals surface area (Å²) in [5, 5.41) is 22.3. The van der Waals surface area contributed by atoms with Gasteiger partial charge in [0, 0.05) is 6.04 Å². The zero-order chi connectivity index (χ0) is 13.4. The average Bonchev–Trinajstić information content (AvgIpc) is 2.27. The average molecular weight is 246 g/mol. The summed E-state index contributed by atoms with van der Waals surface area (Å²) in [4.78, 5) is 22.1. The van der Waals surface area contributed by atoms with E-state index in [9.17, 15) is 9.59 Å². The molecule has 0 aliphatic rings. The molecule has 0 aromatic carbocycles. The summed E-state index contributed by atoms with van der Waals surface area (Å²) >= 11 is 0. The highest BCUT2D eigenvalue weighted by atomic mass is 16.4. The molecule has 0 saturated heterocycles. The fraction of sp³-hybridized carbons (Fsp3) is 0.818. The third-order valence-corrected chi connectivity index (χ3v) is 2.90. The molecule has 4 N–H and O–H groups in total. The number of hydrogen-bond acceptors (Lipinski definition) is 3. The number of aliphatic hydroxyl groups is 1. The Balaban J connectivity index is 4.21. The first-order valence-corrected chi connectivity index (χ1v) is 5.86. The monoisotopic (exact) mass is 246 g/mol. The summed E-state index contributed by atoms with van der Waals surface area (Å²) in [7, 11) is 0. The Morgan fingerprint density at radius 3 is 2.06 bits per heavy atom. The molecule has 0 radical (unpaired) electrons. The smallest absolute Gasteiger partial charge is 0.328 e. The number of urea groups is 1. The standard InChI is InChI=1S/C11H22N2O4/c1-4-8(5-2)7(3)12-11(17)13-9(6-14)10(15)16/h7-9,14H,4-6H2,1-3H3,(H,15,16)(H2,12,13,17). The van der Waals surface area contributed by atoms with E-state index in [4.69, 9.17) is 10.2 Å². The summed E-state index contributed by atoms with van der Waals surface area (Å²) in [6, 6.07) is -1.85. The van der Waals surface area contributed by atoms with Crippen LogP contribution in [0.4, 0.5) is 4.79 Å². The van der Waals surface area contributed by atoms with E-state index >= 15 is 0 Å². The third kappa shape index (κ3) is 5.53. The van der Waals surface area contributed by atoms with Gasteiger partial charge in [-0.2, -0.15) is 0 Å². The van der Waals surface area contributed by atoms with E-state index in [-0.39, 0.29) is 6.04 Å². The molecule has 0 spiro atoms. The number of rotatable bonds is 7. The zero-order valence-corrected chi connectivity index (χ0v) is 10.6. The highest BCUT2D eigenvalue weighted by molar-refractivity contribution is 5.82. The van der Waals surface area contributed by atoms with Gasteiger partial charge in [0.15, 0.2) is 6.04 Å². The van der Waals surface area contributed by atoms with Crippen molar-refractivity contribution in [1.82, 2.24) is 10.6 Å². The lowest BCUT2D eigenvalue weighted by molar-refractivity contribution is -0.140. The van der Waals surface area contributed by atoms with Crippen LogP contribution in [0.1, 0.15) is 33.6 Å². The van der Waals surface area contributed by atoms with Gasteiger partial charge in [-0.15, -0.1) is 0 Å². The normalized spacial score (nSPS) is 14.2. The molecular formula is C11H22N2O4. The second kappa shape index (κ2) is 7.89. The van der Waals surface area contributed by atoms with Gasteiger partial charge < -0.3 is 20.8 Å². The largest absolute Gasteiger partial charge is 0.480 e. The molecule has 0 saturated carbocycles. The van der Waals surface area contributed by atoms with Crippen molar-refractivity contribution < 1.29 is 19.8 Å². The fourth-order valence-corrected chi connectivity index (χ4v) is 1.71. The van der Waals surface area contributed by atoms with Crippen LogP contribution >= 0.6 is 0 Å². The van der Waals surface area contributed by atoms with Crippen molar-refractivity contribution >= 4 is 12.0 Å². The zero-order valence-electron chi connectivity index (χ0n) is 10.6. The van der Waals surface area contributed by atoms with Gasteiger partial charge in [0.25, 0.3) is 0 Å². The minimum Gasteiger partial charge on any atom is -0.480 e. The lowest BCUT2D eigenvalue weighted by atomic mass is 9.96. The van der Waals surface area contributed by atoms with E-state index in [2.05, 4.69) is 10.6 Å². The minimum absolute atomic E-state index is 0.0295. The van der Waals surface area contributed by atoms with Crippen LogP contribution in [0.25, 0.3) is 0 Å². The first-order valence-electron chi connectivity index (χ1n) is 5.86. The second-order valence-corrected chi connectivity index (χ2v) is 4.06. The number of aliphatic hydroxyl groups excluding tert-OH is 1. The third-order valence-electron chi connectivity index (χ3n) is 2.90. The van der Waals surface area contributed by atoms with Gasteiger partial charge in [-0.1, -0.05) is 26.7 Å². The van der Waals surface area contributed by atoms with Crippen LogP contribution in [0.5, 0.6) is 0 Å². The first kappa shape index (κ1) is 15.7. The Kier molecular flexibility index (Phi) is 7.29. The van der Waals surface area contributed by atoms with E-state index in [0.717, 1.165) is 12.8 Å². The number of carboxylic acid groups (broad SMARTS) is 1. The summed E-state index contributed by atoms with van der Waals surface area (Å²) in [5.74, 6) is -0.893. The van der Waals surface area contributed by atoms with Crippen molar-refractivity contribution in [1.29, 1.82) is 0 Å². The van der Waals surface area contributed by atoms with Gasteiger partial charge in [-0.25, -0.2) is 9.59 Å². The highest BCUT2D eigenvalue weighted by Gasteiger charge is 2.21. The summed E-state index contributed by atoms with van der Waals surface area (Å²) in [6.07, 6.45) is 1.89. The molecule has 2 unspecified atom stereocenters. The van der Waals surface area contributed by atoms with Crippen LogP contribution in [-0.2, 0) is 4.79 Å². The number of amides is 2. The molecule has 0 bridgehead atoms. The molecule has 100 valence electrons. The van der Waals surface area contributed by atoms with Gasteiger partial charge in [0.1, 0.15) is 0 Å². The Bertz CT molecular complexity index is 254. The molecule has 0 heterocycles. The van der Waals surface area contributed by atoms with E-state index in [1.165, 1.54) is 0 Å². The molecule has 0 rings (SSSR count). The summed E-state index contributed by atoms with van der Waals surface area (Å²) in [6.45, 7) is 5.34. The van der Waals surface area contributed by atoms with Gasteiger partial charge >= 0.3 is 12.0 Å². The van der Waals surface area contributed by atoms with Crippen LogP contribution < -0.4 is 10.6 Å². The molecule has 0 fully saturated rings. The molecule has 0 aliphatic carbocycles. The van der Waals surface area contributed by atoms with Crippen molar-refractivity contribution in [3.63, 3.8) is 0 Å². The molecule has 6 heteroatoms. The Labute approximate surface area is 101 Å². The maximum Gasteiger partial charge on any atom is 0.328 e. The van der Waals surface area contributed by atoms with Crippen molar-refractivity contribution in [3.8, 4) is 0 Å². The topological polar surface area (TPSA) is 98.7 Å². The molecular weight excluding hydrogens is 224 g/mol. The van der Waals surface area contributed by atoms with Crippen LogP contribution in [0.3, 0.4) is 0 Å². The SMILES string of the molecule is CCC(CC)C(C)NC(=O)NC(CO)C(=O)O. The van der Waals surface area contributed by atoms with E-state index in [0.29, 0.717) is 5.92 Å². The van der Waals surface area contributed by atoms with Crippen molar-refractivity contribution in [2.75, 3.05) is 6.61 Å². The molecule has 2 amide bonds. The molecule has 0 aromatic heterocycles. The van der Waals surface area contributed by atoms with Gasteiger partial charge in [-0.05, 0) is 12.8 Å². The van der Waals surface area contributed by atoms with Crippen LogP contribution in [0, 0.1) is 5.92 Å². The van der Waals surface area contributed by atoms with E-state index in [1.807, 2.05) is 20.8 Å². The molecule has 0 aromatic rings. The predicted molar refractivity (Wildman–Crippen MR) is 63.7 cm³/mol. The number of nitrogens with one attached hydrogen (secondary N) is 2. The summed E-state index contributed by atoms with van der Waals surface area (Å²) < 4.78 is 0. The molecule has 6 nitrogen and oxygen atoms in total. The molecule has 0 aliphatic heterocycles. The Morgan fingerprint density at radius 1 is 1.18 bits per heavy atom. The molecule has 17 heavy (non-hydrogen) atoms. The Hall–Kier alpha value is -1.30. The van der Waals surface area contributed by atoms with E-state index in [1.54, 1.807) is 0 Å². The summed E-state index contributed by atoms with van der Waals surface area (Å²) in [5.41, 5.74) is 0. The number of carbonyl (C=O) groups is 2. The van der Waals surface area contributed by atoms with Gasteiger partial charge in [-0.3, -0.25) is 0 Å². The van der Waals surface area contributed by atoms with Crippen LogP contribution in [-0.4, -0.2) is 40.9 Å². The number of carboxylic acids is 1. The number of carbonyl (C=O) groups excluding carboxylic acids is 1. The predicted octanol–water partition coefficient (Wildman–Crippen LogP) is 0.556. The quantitative estimate of drug-likeness (QED) is 0.527. The number of hydrogen-bond donors (Lipinski definition) is 4. The minimum atomic E-state index is -1.26. The number of aliphatic carboxylic acids is 1. The first-order chi connectivity index (χ1) is 7.96. The highest BCUT2D eigenvalue weighted by Crippen LogP contribution is 2.12. The molecule has 2 atom stereocenters. The lowest BCUT2D eigenvalue weighted by Crippen LogP contribution is -2.51. The van der Waals surface area contributed by atoms with Crippen molar-refractivity contribution in [3.05, 3.63) is 0 Å². The maximum absolute atomic E-state index is 11.5.